The second-order valence-electron chi connectivity index (χ2n) is 10.5. The van der Waals surface area contributed by atoms with Crippen LogP contribution in [0.3, 0.4) is 0 Å². The van der Waals surface area contributed by atoms with Crippen molar-refractivity contribution in [2.45, 2.75) is 62.0 Å². The number of phenols is 1. The van der Waals surface area contributed by atoms with Crippen molar-refractivity contribution in [3.8, 4) is 17.2 Å². The molecule has 1 aromatic carbocycles. The summed E-state index contributed by atoms with van der Waals surface area (Å²) in [7, 11) is 2.69. The van der Waals surface area contributed by atoms with Gasteiger partial charge in [-0.1, -0.05) is 0 Å². The lowest BCUT2D eigenvalue weighted by Crippen LogP contribution is -2.61. The largest absolute Gasteiger partial charge is 0.502 e. The van der Waals surface area contributed by atoms with Crippen molar-refractivity contribution in [2.75, 3.05) is 20.8 Å². The fourth-order valence-corrected chi connectivity index (χ4v) is 5.47. The van der Waals surface area contributed by atoms with Gasteiger partial charge in [0.1, 0.15) is 31.0 Å². The molecule has 15 heteroatoms. The summed E-state index contributed by atoms with van der Waals surface area (Å²) in [4.78, 5) is 24.0. The summed E-state index contributed by atoms with van der Waals surface area (Å²) in [5.41, 5.74) is -1.47. The molecule has 0 bridgehead atoms. The second-order valence-corrected chi connectivity index (χ2v) is 10.5. The van der Waals surface area contributed by atoms with Gasteiger partial charge in [-0.2, -0.15) is 0 Å². The van der Waals surface area contributed by atoms with E-state index in [1.54, 1.807) is 0 Å². The number of aliphatic carboxylic acids is 1. The first-order chi connectivity index (χ1) is 19.8. The molecule has 1 saturated heterocycles. The summed E-state index contributed by atoms with van der Waals surface area (Å²) < 4.78 is 32.0. The van der Waals surface area contributed by atoms with Gasteiger partial charge in [0.05, 0.1) is 43.7 Å². The van der Waals surface area contributed by atoms with Crippen LogP contribution in [0.4, 0.5) is 0 Å². The summed E-state index contributed by atoms with van der Waals surface area (Å²) >= 11 is 0. The van der Waals surface area contributed by atoms with Gasteiger partial charge in [-0.3, -0.25) is 0 Å². The van der Waals surface area contributed by atoms with E-state index in [-0.39, 0.29) is 29.2 Å². The van der Waals surface area contributed by atoms with E-state index in [2.05, 4.69) is 0 Å². The number of carbonyl (C=O) groups excluding carboxylic acids is 1. The number of phenolic OH excluding ortho intramolecular Hbond substituents is 1. The zero-order valence-corrected chi connectivity index (χ0v) is 22.9. The number of aliphatic hydroxyl groups excluding tert-OH is 4. The minimum Gasteiger partial charge on any atom is -0.502 e. The van der Waals surface area contributed by atoms with Crippen LogP contribution in [0.25, 0.3) is 6.08 Å². The summed E-state index contributed by atoms with van der Waals surface area (Å²) in [6.07, 6.45) is -7.90. The maximum absolute atomic E-state index is 12.4. The van der Waals surface area contributed by atoms with E-state index in [1.807, 2.05) is 0 Å². The lowest BCUT2D eigenvalue weighted by Gasteiger charge is -2.44. The van der Waals surface area contributed by atoms with Crippen LogP contribution in [-0.4, -0.2) is 117 Å². The molecule has 232 valence electrons. The minimum absolute atomic E-state index is 0.108. The molecule has 5 unspecified atom stereocenters. The smallest absolute Gasteiger partial charge is 0.335 e. The van der Waals surface area contributed by atoms with E-state index in [1.165, 1.54) is 39.4 Å². The van der Waals surface area contributed by atoms with Crippen LogP contribution in [-0.2, 0) is 28.5 Å². The molecule has 0 spiro atoms. The molecule has 1 aliphatic carbocycles. The van der Waals surface area contributed by atoms with Crippen molar-refractivity contribution in [1.82, 2.24) is 0 Å². The third-order valence-corrected chi connectivity index (χ3v) is 7.61. The number of aromatic hydroxyl groups is 1. The maximum atomic E-state index is 12.4. The molecule has 2 heterocycles. The summed E-state index contributed by atoms with van der Waals surface area (Å²) in [5, 5.41) is 72.3. The van der Waals surface area contributed by atoms with Gasteiger partial charge in [-0.05, 0) is 30.7 Å². The summed E-state index contributed by atoms with van der Waals surface area (Å²) in [6, 6.07) is 2.89. The Morgan fingerprint density at radius 2 is 1.69 bits per heavy atom. The molecule has 0 amide bonds. The number of methoxy groups -OCH3 is 2. The van der Waals surface area contributed by atoms with Crippen molar-refractivity contribution in [3.63, 3.8) is 0 Å². The molecule has 1 saturated carbocycles. The van der Waals surface area contributed by atoms with Gasteiger partial charge in [-0.15, -0.1) is 0 Å². The highest BCUT2D eigenvalue weighted by Crippen LogP contribution is 2.49. The number of ether oxygens (including phenoxy) is 6. The first-order valence-corrected chi connectivity index (χ1v) is 12.9. The molecule has 4 rings (SSSR count). The predicted molar refractivity (Wildman–Crippen MR) is 138 cm³/mol. The van der Waals surface area contributed by atoms with E-state index < -0.39 is 79.1 Å². The Balaban J connectivity index is 1.43. The van der Waals surface area contributed by atoms with Crippen LogP contribution in [0.5, 0.6) is 17.2 Å². The number of carboxylic acid groups (broad SMARTS) is 1. The predicted octanol–water partition coefficient (Wildman–Crippen LogP) is -1.14. The lowest BCUT2D eigenvalue weighted by atomic mass is 9.81. The van der Waals surface area contributed by atoms with Crippen LogP contribution >= 0.6 is 0 Å². The highest BCUT2D eigenvalue weighted by atomic mass is 16.8. The first-order valence-electron chi connectivity index (χ1n) is 12.9. The molecule has 2 aliphatic heterocycles. The average molecular weight is 599 g/mol. The Labute approximate surface area is 239 Å². The Hall–Kier alpha value is -3.44. The first kappa shape index (κ1) is 31.5. The quantitative estimate of drug-likeness (QED) is 0.132. The highest BCUT2D eigenvalue weighted by molar-refractivity contribution is 5.88. The average Bonchev–Trinajstić information content (AvgIpc) is 3.20. The van der Waals surface area contributed by atoms with Gasteiger partial charge >= 0.3 is 11.9 Å². The number of fused-ring (bicyclic) bond motifs is 1. The molecule has 0 radical (unpaired) electrons. The molecule has 7 N–H and O–H groups in total. The molecule has 2 fully saturated rings. The summed E-state index contributed by atoms with van der Waals surface area (Å²) in [6.45, 7) is 0.801. The molecule has 10 atom stereocenters. The molecule has 15 nitrogen and oxygen atoms in total. The number of esters is 1. The van der Waals surface area contributed by atoms with Crippen LogP contribution < -0.4 is 9.47 Å². The number of carboxylic acids is 1. The van der Waals surface area contributed by atoms with Crippen molar-refractivity contribution in [2.24, 2.45) is 11.8 Å². The molecular formula is C27H34O15. The van der Waals surface area contributed by atoms with E-state index in [9.17, 15) is 45.3 Å². The van der Waals surface area contributed by atoms with Crippen LogP contribution in [0.15, 0.2) is 30.0 Å². The zero-order valence-electron chi connectivity index (χ0n) is 22.9. The van der Waals surface area contributed by atoms with Gasteiger partial charge in [0.15, 0.2) is 17.8 Å². The molecule has 1 aromatic rings. The highest BCUT2D eigenvalue weighted by Gasteiger charge is 2.59. The van der Waals surface area contributed by atoms with Crippen molar-refractivity contribution >= 4 is 18.0 Å². The third kappa shape index (κ3) is 6.17. The monoisotopic (exact) mass is 598 g/mol. The van der Waals surface area contributed by atoms with E-state index in [0.717, 1.165) is 12.3 Å². The Morgan fingerprint density at radius 3 is 2.29 bits per heavy atom. The van der Waals surface area contributed by atoms with Crippen molar-refractivity contribution < 1.29 is 73.8 Å². The Morgan fingerprint density at radius 1 is 1.05 bits per heavy atom. The molecule has 0 aromatic heterocycles. The fourth-order valence-electron chi connectivity index (χ4n) is 5.47. The third-order valence-electron chi connectivity index (χ3n) is 7.61. The Kier molecular flexibility index (Phi) is 9.32. The van der Waals surface area contributed by atoms with Crippen LogP contribution in [0, 0.1) is 11.8 Å². The van der Waals surface area contributed by atoms with E-state index in [4.69, 9.17) is 28.4 Å². The van der Waals surface area contributed by atoms with Gasteiger partial charge in [0, 0.05) is 18.4 Å². The normalized spacial score (nSPS) is 36.1. The standard InChI is InChI=1S/C27H34O15/c1-27(36)8-13(28)18-12(24(34)35)9-40-25(19(18)27)42-26-23(33)22(32)21(31)16(41-26)10-39-17(29)5-4-11-6-14(37-2)20(30)15(7-11)38-3/h4-7,9,13,16,18-19,21-23,25-26,28,30-33,36H,8,10H2,1-3H3,(H,34,35)/b5-4+/t13?,16-,18?,19?,21-,22+,23-,25?,26+,27?/m1/s1. The van der Waals surface area contributed by atoms with Gasteiger partial charge < -0.3 is 64.2 Å². The lowest BCUT2D eigenvalue weighted by molar-refractivity contribution is -0.346. The number of hydrogen-bond donors (Lipinski definition) is 7. The summed E-state index contributed by atoms with van der Waals surface area (Å²) in [5.74, 6) is -4.39. The van der Waals surface area contributed by atoms with Gasteiger partial charge in [-0.25, -0.2) is 9.59 Å². The fraction of sp³-hybridized carbons (Fsp3) is 0.556. The topological polar surface area (TPSA) is 231 Å². The van der Waals surface area contributed by atoms with Crippen molar-refractivity contribution in [1.29, 1.82) is 0 Å². The minimum atomic E-state index is -1.81. The number of aliphatic hydroxyl groups is 5. The molecule has 42 heavy (non-hydrogen) atoms. The number of benzene rings is 1. The second kappa shape index (κ2) is 12.4. The van der Waals surface area contributed by atoms with Crippen LogP contribution in [0.1, 0.15) is 18.9 Å². The maximum Gasteiger partial charge on any atom is 0.335 e. The number of rotatable bonds is 9. The van der Waals surface area contributed by atoms with Gasteiger partial charge in [0.2, 0.25) is 12.0 Å². The Bertz CT molecular complexity index is 1200. The van der Waals surface area contributed by atoms with Gasteiger partial charge in [0.25, 0.3) is 0 Å². The molecular weight excluding hydrogens is 564 g/mol. The van der Waals surface area contributed by atoms with Crippen molar-refractivity contribution in [3.05, 3.63) is 35.6 Å². The van der Waals surface area contributed by atoms with Crippen LogP contribution in [0.2, 0.25) is 0 Å². The zero-order chi connectivity index (χ0) is 30.9. The number of carbonyl (C=O) groups is 2. The SMILES string of the molecule is COc1cc(/C=C/C(=O)OC[C@H]2O[C@@H](OC3OC=C(C(=O)O)C4C(O)CC(C)(O)C34)[C@H](O)[C@@H](O)[C@@H]2O)cc(OC)c1O. The molecule has 3 aliphatic rings. The number of hydrogen-bond acceptors (Lipinski definition) is 14. The van der Waals surface area contributed by atoms with E-state index >= 15 is 0 Å². The van der Waals surface area contributed by atoms with E-state index in [0.29, 0.717) is 5.56 Å².